The lowest BCUT2D eigenvalue weighted by Gasteiger charge is -2.28. The number of terminal acetylenes is 1. The number of hydrogen-bond acceptors (Lipinski definition) is 11. The lowest BCUT2D eigenvalue weighted by molar-refractivity contribution is -0.187. The Morgan fingerprint density at radius 1 is 1.17 bits per heavy atom. The quantitative estimate of drug-likeness (QED) is 0.143. The fourth-order valence-electron chi connectivity index (χ4n) is 2.24. The third-order valence-electron chi connectivity index (χ3n) is 3.29. The average molecular weight is 526 g/mol. The monoisotopic (exact) mass is 526 g/mol. The van der Waals surface area contributed by atoms with Crippen LogP contribution in [0.5, 0.6) is 0 Å². The maximum Gasteiger partial charge on any atom is 0.490 e. The molecule has 0 amide bonds. The molecular formula is C10H13N2O13P3S2. The maximum absolute atomic E-state index is 12.1. The van der Waals surface area contributed by atoms with E-state index in [1.54, 1.807) is 5.92 Å². The highest BCUT2D eigenvalue weighted by molar-refractivity contribution is 7.72. The second-order valence-electron chi connectivity index (χ2n) is 5.46. The van der Waals surface area contributed by atoms with Gasteiger partial charge in [0.1, 0.15) is 10.7 Å². The Morgan fingerprint density at radius 2 is 1.77 bits per heavy atom. The number of ether oxygens (including phenoxy) is 1. The molecule has 168 valence electrons. The van der Waals surface area contributed by atoms with Crippen molar-refractivity contribution in [3.8, 4) is 12.3 Å². The summed E-state index contributed by atoms with van der Waals surface area (Å²) in [5.41, 5.74) is 0. The summed E-state index contributed by atoms with van der Waals surface area (Å²) in [7, 11) is -17.3. The van der Waals surface area contributed by atoms with Crippen LogP contribution in [-0.2, 0) is 31.6 Å². The Kier molecular flexibility index (Phi) is 7.45. The van der Waals surface area contributed by atoms with Crippen LogP contribution in [0.2, 0.25) is 0 Å². The highest BCUT2D eigenvalue weighted by Crippen LogP contribution is 2.67. The van der Waals surface area contributed by atoms with E-state index in [0.717, 1.165) is 4.57 Å². The third kappa shape index (κ3) is 5.99. The highest BCUT2D eigenvalue weighted by atomic mass is 32.1. The van der Waals surface area contributed by atoms with Gasteiger partial charge in [-0.05, 0) is 24.2 Å². The molecule has 7 N–H and O–H groups in total. The molecule has 1 aromatic heterocycles. The van der Waals surface area contributed by atoms with E-state index in [0.29, 0.717) is 0 Å². The van der Waals surface area contributed by atoms with Crippen LogP contribution in [0, 0.1) is 21.8 Å². The summed E-state index contributed by atoms with van der Waals surface area (Å²) in [5.74, 6) is -1.26. The summed E-state index contributed by atoms with van der Waals surface area (Å²) in [6.45, 7) is 0. The van der Waals surface area contributed by atoms with Gasteiger partial charge in [0, 0.05) is 6.20 Å². The normalized spacial score (nSPS) is 30.9. The maximum atomic E-state index is 12.1. The molecule has 1 aromatic rings. The molecule has 15 nitrogen and oxygen atoms in total. The fourth-order valence-corrected chi connectivity index (χ4v) is 5.92. The summed E-state index contributed by atoms with van der Waals surface area (Å²) < 4.78 is 52.1. The minimum absolute atomic E-state index is 0.107. The number of hydrogen-bond donors (Lipinski definition) is 7. The molecule has 30 heavy (non-hydrogen) atoms. The second kappa shape index (κ2) is 8.72. The molecular weight excluding hydrogens is 513 g/mol. The number of aromatic amines is 1. The largest absolute Gasteiger partial charge is 0.490 e. The van der Waals surface area contributed by atoms with Crippen LogP contribution in [0.25, 0.3) is 0 Å². The molecule has 2 rings (SSSR count). The van der Waals surface area contributed by atoms with Crippen LogP contribution >= 0.6 is 47.9 Å². The van der Waals surface area contributed by atoms with E-state index >= 15 is 0 Å². The van der Waals surface area contributed by atoms with Gasteiger partial charge in [-0.2, -0.15) is 8.62 Å². The Bertz CT molecular complexity index is 1120. The number of nitrogens with one attached hydrogen (secondary N) is 1. The SMILES string of the molecule is C#C[C@]1(OP(=O)(O)OP(=O)(O)OP(=O)(O)O)O[C@@H](n2ccc(=S)[nH]c2=S)C(O)[C@H]1O. The topological polar surface area (TPSA) is 230 Å². The molecule has 1 aliphatic rings. The number of aliphatic hydroxyl groups excluding tert-OH is 2. The van der Waals surface area contributed by atoms with E-state index in [9.17, 15) is 33.7 Å². The Morgan fingerprint density at radius 3 is 2.27 bits per heavy atom. The van der Waals surface area contributed by atoms with Crippen LogP contribution in [0.15, 0.2) is 12.3 Å². The molecule has 2 heterocycles. The van der Waals surface area contributed by atoms with E-state index in [1.807, 2.05) is 0 Å². The van der Waals surface area contributed by atoms with Crippen molar-refractivity contribution in [1.82, 2.24) is 9.55 Å². The van der Waals surface area contributed by atoms with Gasteiger partial charge in [0.15, 0.2) is 17.1 Å². The zero-order valence-electron chi connectivity index (χ0n) is 14.1. The Balaban J connectivity index is 2.34. The number of phosphoric acid groups is 3. The van der Waals surface area contributed by atoms with Crippen molar-refractivity contribution in [2.75, 3.05) is 0 Å². The van der Waals surface area contributed by atoms with Gasteiger partial charge in [0.25, 0.3) is 5.79 Å². The van der Waals surface area contributed by atoms with Crippen LogP contribution in [0.1, 0.15) is 6.23 Å². The molecule has 0 aliphatic carbocycles. The molecule has 20 heteroatoms. The average Bonchev–Trinajstić information content (AvgIpc) is 2.76. The van der Waals surface area contributed by atoms with Crippen LogP contribution in [-0.4, -0.2) is 57.3 Å². The zero-order valence-corrected chi connectivity index (χ0v) is 18.4. The van der Waals surface area contributed by atoms with Crippen molar-refractivity contribution >= 4 is 47.9 Å². The highest BCUT2D eigenvalue weighted by Gasteiger charge is 2.59. The first kappa shape index (κ1) is 25.6. The summed E-state index contributed by atoms with van der Waals surface area (Å²) in [5, 5.41) is 20.5. The molecule has 1 aliphatic heterocycles. The van der Waals surface area contributed by atoms with E-state index in [1.165, 1.54) is 12.3 Å². The molecule has 0 spiro atoms. The van der Waals surface area contributed by atoms with E-state index in [2.05, 4.69) is 18.1 Å². The lowest BCUT2D eigenvalue weighted by Crippen LogP contribution is -2.43. The Labute approximate surface area is 177 Å². The summed E-state index contributed by atoms with van der Waals surface area (Å²) in [4.78, 5) is 38.5. The van der Waals surface area contributed by atoms with Gasteiger partial charge in [-0.1, -0.05) is 12.2 Å². The first-order chi connectivity index (χ1) is 13.5. The molecule has 1 fully saturated rings. The van der Waals surface area contributed by atoms with Crippen molar-refractivity contribution in [3.63, 3.8) is 0 Å². The number of nitrogens with zero attached hydrogens (tertiary/aromatic N) is 1. The minimum Gasteiger partial charge on any atom is -0.385 e. The molecule has 0 saturated carbocycles. The van der Waals surface area contributed by atoms with Crippen LogP contribution < -0.4 is 0 Å². The van der Waals surface area contributed by atoms with Crippen LogP contribution in [0.3, 0.4) is 0 Å². The summed E-state index contributed by atoms with van der Waals surface area (Å²) in [6.07, 6.45) is 0.685. The fraction of sp³-hybridized carbons (Fsp3) is 0.400. The standard InChI is InChI=1S/C10H13N2O13P3S2/c1-2-10(23-27(18,19)25-28(20,21)24-26(15,16)17)7(14)6(13)8(22-10)12-4-3-5(29)11-9(12)30/h1,3-4,6-8,13-14H,(H,18,19)(H,20,21)(H,11,29,30)(H2,15,16,17)/t6?,7-,8-,10-/m1/s1. The summed E-state index contributed by atoms with van der Waals surface area (Å²) >= 11 is 9.86. The lowest BCUT2D eigenvalue weighted by atomic mass is 10.1. The van der Waals surface area contributed by atoms with Crippen molar-refractivity contribution in [3.05, 3.63) is 21.7 Å². The van der Waals surface area contributed by atoms with Crippen LogP contribution in [0.4, 0.5) is 0 Å². The molecule has 0 radical (unpaired) electrons. The molecule has 6 atom stereocenters. The predicted molar refractivity (Wildman–Crippen MR) is 99.1 cm³/mol. The number of rotatable bonds is 7. The van der Waals surface area contributed by atoms with Crippen molar-refractivity contribution in [2.45, 2.75) is 24.2 Å². The number of H-pyrrole nitrogens is 1. The zero-order chi connectivity index (χ0) is 23.1. The molecule has 3 unspecified atom stereocenters. The summed E-state index contributed by atoms with van der Waals surface area (Å²) in [6, 6.07) is 1.33. The van der Waals surface area contributed by atoms with Gasteiger partial charge >= 0.3 is 23.5 Å². The van der Waals surface area contributed by atoms with E-state index in [-0.39, 0.29) is 9.41 Å². The first-order valence-corrected chi connectivity index (χ1v) is 12.5. The van der Waals surface area contributed by atoms with Gasteiger partial charge < -0.3 is 39.5 Å². The number of aliphatic hydroxyl groups is 2. The smallest absolute Gasteiger partial charge is 0.385 e. The molecule has 1 saturated heterocycles. The molecule has 0 aromatic carbocycles. The first-order valence-electron chi connectivity index (χ1n) is 7.19. The third-order valence-corrected chi connectivity index (χ3v) is 7.67. The van der Waals surface area contributed by atoms with Gasteiger partial charge in [-0.15, -0.1) is 6.42 Å². The Hall–Kier alpha value is -0.630. The van der Waals surface area contributed by atoms with Crippen molar-refractivity contribution in [1.29, 1.82) is 0 Å². The van der Waals surface area contributed by atoms with E-state index < -0.39 is 47.7 Å². The predicted octanol–water partition coefficient (Wildman–Crippen LogP) is 0.199. The number of phosphoric ester groups is 1. The van der Waals surface area contributed by atoms with Crippen molar-refractivity contribution in [2.24, 2.45) is 0 Å². The van der Waals surface area contributed by atoms with Gasteiger partial charge in [-0.3, -0.25) is 4.57 Å². The van der Waals surface area contributed by atoms with Gasteiger partial charge in [0.2, 0.25) is 0 Å². The van der Waals surface area contributed by atoms with Crippen molar-refractivity contribution < 1.29 is 61.4 Å². The molecule has 0 bridgehead atoms. The van der Waals surface area contributed by atoms with Gasteiger partial charge in [-0.25, -0.2) is 18.2 Å². The number of aromatic nitrogens is 2. The second-order valence-corrected chi connectivity index (χ2v) is 10.6. The minimum atomic E-state index is -5.86. The van der Waals surface area contributed by atoms with Gasteiger partial charge in [0.05, 0.1) is 0 Å². The van der Waals surface area contributed by atoms with E-state index in [4.69, 9.17) is 45.4 Å².